The Kier molecular flexibility index (Phi) is 11.3. The Morgan fingerprint density at radius 3 is 1.89 bits per heavy atom. The summed E-state index contributed by atoms with van der Waals surface area (Å²) < 4.78 is 63.5. The molecule has 196 valence electrons. The van der Waals surface area contributed by atoms with Crippen LogP contribution in [-0.2, 0) is 16.1 Å². The summed E-state index contributed by atoms with van der Waals surface area (Å²) in [6.45, 7) is 9.44. The molecule has 3 heterocycles. The van der Waals surface area contributed by atoms with E-state index in [1.807, 2.05) is 6.20 Å². The Balaban J connectivity index is 0.000000362. The second-order valence-electron chi connectivity index (χ2n) is 7.26. The van der Waals surface area contributed by atoms with Crippen molar-refractivity contribution in [1.82, 2.24) is 19.9 Å². The zero-order valence-electron chi connectivity index (χ0n) is 18.5. The molecule has 0 amide bonds. The van der Waals surface area contributed by atoms with Gasteiger partial charge >= 0.3 is 24.3 Å². The third kappa shape index (κ3) is 11.3. The molecule has 35 heavy (non-hydrogen) atoms. The first-order valence-electron chi connectivity index (χ1n) is 9.89. The van der Waals surface area contributed by atoms with E-state index in [1.165, 1.54) is 10.7 Å². The first kappa shape index (κ1) is 30.0. The quantitative estimate of drug-likeness (QED) is 0.570. The molecule has 0 aromatic carbocycles. The molecule has 0 atom stereocenters. The molecule has 2 aromatic rings. The molecule has 0 bridgehead atoms. The van der Waals surface area contributed by atoms with Crippen molar-refractivity contribution in [3.05, 3.63) is 34.7 Å². The fourth-order valence-electron chi connectivity index (χ4n) is 2.48. The smallest absolute Gasteiger partial charge is 0.475 e. The highest BCUT2D eigenvalue weighted by molar-refractivity contribution is 7.09. The maximum Gasteiger partial charge on any atom is 0.490 e. The molecule has 1 aliphatic heterocycles. The number of carboxylic acid groups (broad SMARTS) is 2. The molecule has 9 nitrogen and oxygen atoms in total. The number of piperazine rings is 1. The van der Waals surface area contributed by atoms with Gasteiger partial charge in [-0.05, 0) is 0 Å². The largest absolute Gasteiger partial charge is 0.490 e. The molecule has 16 heteroatoms. The summed E-state index contributed by atoms with van der Waals surface area (Å²) in [5.74, 6) is -4.01. The van der Waals surface area contributed by atoms with Gasteiger partial charge in [0, 0.05) is 56.4 Å². The molecule has 1 saturated heterocycles. The van der Waals surface area contributed by atoms with Gasteiger partial charge in [-0.2, -0.15) is 26.3 Å². The number of carboxylic acids is 2. The molecule has 3 rings (SSSR count). The summed E-state index contributed by atoms with van der Waals surface area (Å²) in [6.07, 6.45) is -4.86. The van der Waals surface area contributed by atoms with Crippen molar-refractivity contribution >= 4 is 29.1 Å². The van der Waals surface area contributed by atoms with Gasteiger partial charge < -0.3 is 15.1 Å². The number of aliphatic carboxylic acids is 2. The van der Waals surface area contributed by atoms with Gasteiger partial charge in [-0.15, -0.1) is 11.3 Å². The summed E-state index contributed by atoms with van der Waals surface area (Å²) in [5, 5.41) is 17.7. The van der Waals surface area contributed by atoms with E-state index in [0.717, 1.165) is 38.5 Å². The Bertz CT molecular complexity index is 908. The van der Waals surface area contributed by atoms with E-state index in [2.05, 4.69) is 39.0 Å². The number of rotatable bonds is 4. The van der Waals surface area contributed by atoms with Crippen LogP contribution in [0.1, 0.15) is 30.5 Å². The summed E-state index contributed by atoms with van der Waals surface area (Å²) in [6, 6.07) is 0. The normalized spacial score (nSPS) is 14.5. The number of thiazole rings is 1. The standard InChI is InChI=1S/C15H21N5S.2C2HF3O2/c1-12(2)15-18-13(11-21-15)10-19-5-7-20(8-6-19)14-9-16-3-4-17-14;2*3-2(4,5)1(6)7/h3-4,9,11-12H,5-8,10H2,1-2H3;2*(H,6,7). The lowest BCUT2D eigenvalue weighted by Crippen LogP contribution is -2.46. The molecule has 0 unspecified atom stereocenters. The lowest BCUT2D eigenvalue weighted by atomic mass is 10.2. The zero-order chi connectivity index (χ0) is 26.8. The van der Waals surface area contributed by atoms with Crippen LogP contribution in [0.25, 0.3) is 0 Å². The van der Waals surface area contributed by atoms with Crippen LogP contribution < -0.4 is 4.90 Å². The van der Waals surface area contributed by atoms with E-state index in [1.54, 1.807) is 23.7 Å². The van der Waals surface area contributed by atoms with Crippen LogP contribution in [0, 0.1) is 0 Å². The average Bonchev–Trinajstić information content (AvgIpc) is 3.23. The molecular weight excluding hydrogens is 508 g/mol. The van der Waals surface area contributed by atoms with Crippen LogP contribution in [0.5, 0.6) is 0 Å². The number of carbonyl (C=O) groups is 2. The molecular formula is C19H23F6N5O4S. The van der Waals surface area contributed by atoms with Gasteiger partial charge in [-0.25, -0.2) is 19.6 Å². The molecule has 2 N–H and O–H groups in total. The number of alkyl halides is 6. The van der Waals surface area contributed by atoms with E-state index in [0.29, 0.717) is 5.92 Å². The summed E-state index contributed by atoms with van der Waals surface area (Å²) in [7, 11) is 0. The van der Waals surface area contributed by atoms with Gasteiger partial charge in [0.25, 0.3) is 0 Å². The maximum absolute atomic E-state index is 10.6. The van der Waals surface area contributed by atoms with Gasteiger partial charge in [0.05, 0.1) is 16.9 Å². The van der Waals surface area contributed by atoms with Crippen molar-refractivity contribution in [3.63, 3.8) is 0 Å². The Hall–Kier alpha value is -3.01. The van der Waals surface area contributed by atoms with Crippen LogP contribution in [0.2, 0.25) is 0 Å². The zero-order valence-corrected chi connectivity index (χ0v) is 19.4. The van der Waals surface area contributed by atoms with Crippen molar-refractivity contribution < 1.29 is 46.1 Å². The van der Waals surface area contributed by atoms with Crippen LogP contribution in [0.3, 0.4) is 0 Å². The van der Waals surface area contributed by atoms with E-state index in [4.69, 9.17) is 24.8 Å². The molecule has 0 spiro atoms. The molecule has 2 aromatic heterocycles. The number of hydrogen-bond donors (Lipinski definition) is 2. The number of anilines is 1. The minimum atomic E-state index is -5.08. The van der Waals surface area contributed by atoms with Crippen molar-refractivity contribution in [2.24, 2.45) is 0 Å². The highest BCUT2D eigenvalue weighted by atomic mass is 32.1. The number of aromatic nitrogens is 3. The van der Waals surface area contributed by atoms with Gasteiger partial charge in [0.1, 0.15) is 5.82 Å². The highest BCUT2D eigenvalue weighted by Crippen LogP contribution is 2.21. The van der Waals surface area contributed by atoms with Crippen molar-refractivity contribution in [2.75, 3.05) is 31.1 Å². The number of hydrogen-bond acceptors (Lipinski definition) is 8. The third-order valence-electron chi connectivity index (χ3n) is 4.18. The molecule has 0 aliphatic carbocycles. The predicted octanol–water partition coefficient (Wildman–Crippen LogP) is 3.65. The summed E-state index contributed by atoms with van der Waals surface area (Å²) >= 11 is 1.78. The summed E-state index contributed by atoms with van der Waals surface area (Å²) in [5.41, 5.74) is 1.21. The van der Waals surface area contributed by atoms with E-state index in [-0.39, 0.29) is 0 Å². The van der Waals surface area contributed by atoms with Crippen LogP contribution in [0.4, 0.5) is 32.2 Å². The predicted molar refractivity (Wildman–Crippen MR) is 113 cm³/mol. The van der Waals surface area contributed by atoms with E-state index in [9.17, 15) is 26.3 Å². The van der Waals surface area contributed by atoms with Gasteiger partial charge in [-0.1, -0.05) is 13.8 Å². The lowest BCUT2D eigenvalue weighted by Gasteiger charge is -2.34. The minimum absolute atomic E-state index is 0.525. The molecule has 0 saturated carbocycles. The maximum atomic E-state index is 10.6. The average molecular weight is 531 g/mol. The fourth-order valence-corrected chi connectivity index (χ4v) is 3.31. The number of nitrogens with zero attached hydrogens (tertiary/aromatic N) is 5. The SMILES string of the molecule is CC(C)c1nc(CN2CCN(c3cnccn3)CC2)cs1.O=C(O)C(F)(F)F.O=C(O)C(F)(F)F. The first-order valence-corrected chi connectivity index (χ1v) is 10.8. The second kappa shape index (κ2) is 13.2. The van der Waals surface area contributed by atoms with Gasteiger partial charge in [0.2, 0.25) is 0 Å². The molecule has 0 radical (unpaired) electrons. The minimum Gasteiger partial charge on any atom is -0.475 e. The van der Waals surface area contributed by atoms with Crippen LogP contribution in [0.15, 0.2) is 24.0 Å². The van der Waals surface area contributed by atoms with E-state index < -0.39 is 24.3 Å². The van der Waals surface area contributed by atoms with Crippen LogP contribution in [-0.4, -0.2) is 80.5 Å². The third-order valence-corrected chi connectivity index (χ3v) is 5.37. The van der Waals surface area contributed by atoms with Crippen molar-refractivity contribution in [3.8, 4) is 0 Å². The Labute approximate surface area is 200 Å². The van der Waals surface area contributed by atoms with Gasteiger partial charge in [0.15, 0.2) is 0 Å². The number of halogens is 6. The first-order chi connectivity index (χ1) is 16.1. The molecule has 1 fully saturated rings. The fraction of sp³-hybridized carbons (Fsp3) is 0.526. The van der Waals surface area contributed by atoms with Crippen molar-refractivity contribution in [1.29, 1.82) is 0 Å². The van der Waals surface area contributed by atoms with E-state index >= 15 is 0 Å². The Morgan fingerprint density at radius 1 is 1.00 bits per heavy atom. The second-order valence-corrected chi connectivity index (χ2v) is 8.15. The monoisotopic (exact) mass is 531 g/mol. The Morgan fingerprint density at radius 2 is 1.51 bits per heavy atom. The topological polar surface area (TPSA) is 120 Å². The molecule has 1 aliphatic rings. The van der Waals surface area contributed by atoms with Gasteiger partial charge in [-0.3, -0.25) is 9.88 Å². The summed E-state index contributed by atoms with van der Waals surface area (Å²) in [4.78, 5) is 35.8. The van der Waals surface area contributed by atoms with Crippen LogP contribution >= 0.6 is 11.3 Å². The highest BCUT2D eigenvalue weighted by Gasteiger charge is 2.38. The van der Waals surface area contributed by atoms with Crippen molar-refractivity contribution in [2.45, 2.75) is 38.7 Å². The lowest BCUT2D eigenvalue weighted by molar-refractivity contribution is -0.193.